The van der Waals surface area contributed by atoms with Crippen LogP contribution in [0.1, 0.15) is 6.42 Å². The van der Waals surface area contributed by atoms with Crippen molar-refractivity contribution in [2.45, 2.75) is 13.0 Å². The van der Waals surface area contributed by atoms with Crippen molar-refractivity contribution in [2.75, 3.05) is 13.7 Å². The highest BCUT2D eigenvalue weighted by atomic mass is 16.5. The summed E-state index contributed by atoms with van der Waals surface area (Å²) in [5.41, 5.74) is 1.50. The van der Waals surface area contributed by atoms with Crippen LogP contribution in [0.3, 0.4) is 0 Å². The number of fused-ring (bicyclic) bond motifs is 3. The number of benzene rings is 1. The zero-order valence-corrected chi connectivity index (χ0v) is 10.6. The molecule has 0 N–H and O–H groups in total. The number of aryl methyl sites for hydroxylation is 1. The van der Waals surface area contributed by atoms with Gasteiger partial charge in [0.1, 0.15) is 11.1 Å². The zero-order chi connectivity index (χ0) is 13.2. The molecular weight excluding hydrogens is 244 g/mol. The normalized spacial score (nSPS) is 11.4. The van der Waals surface area contributed by atoms with Crippen molar-refractivity contribution in [3.8, 4) is 0 Å². The fourth-order valence-electron chi connectivity index (χ4n) is 2.15. The Bertz CT molecular complexity index is 773. The molecule has 2 aromatic heterocycles. The Morgan fingerprint density at radius 1 is 1.37 bits per heavy atom. The highest BCUT2D eigenvalue weighted by Gasteiger charge is 2.12. The lowest BCUT2D eigenvalue weighted by Gasteiger charge is -2.03. The van der Waals surface area contributed by atoms with Crippen LogP contribution in [-0.4, -0.2) is 23.3 Å². The van der Waals surface area contributed by atoms with Crippen LogP contribution in [0.25, 0.3) is 22.1 Å². The lowest BCUT2D eigenvalue weighted by Crippen LogP contribution is -2.20. The van der Waals surface area contributed by atoms with E-state index in [2.05, 4.69) is 4.98 Å². The summed E-state index contributed by atoms with van der Waals surface area (Å²) >= 11 is 0. The summed E-state index contributed by atoms with van der Waals surface area (Å²) in [5.74, 6) is 0. The number of hydrogen-bond donors (Lipinski definition) is 0. The molecule has 3 rings (SSSR count). The van der Waals surface area contributed by atoms with Gasteiger partial charge in [-0.25, -0.2) is 4.98 Å². The fraction of sp³-hybridized carbons (Fsp3) is 0.286. The van der Waals surface area contributed by atoms with Crippen molar-refractivity contribution >= 4 is 22.1 Å². The van der Waals surface area contributed by atoms with Crippen molar-refractivity contribution in [1.29, 1.82) is 0 Å². The first kappa shape index (κ1) is 11.9. The predicted molar refractivity (Wildman–Crippen MR) is 72.3 cm³/mol. The average molecular weight is 258 g/mol. The highest BCUT2D eigenvalue weighted by molar-refractivity contribution is 6.01. The largest absolute Gasteiger partial charge is 0.448 e. The number of hydrogen-bond acceptors (Lipinski definition) is 4. The smallest absolute Gasteiger partial charge is 0.297 e. The zero-order valence-electron chi connectivity index (χ0n) is 10.6. The minimum Gasteiger partial charge on any atom is -0.448 e. The van der Waals surface area contributed by atoms with Crippen LogP contribution in [0, 0.1) is 0 Å². The van der Waals surface area contributed by atoms with Crippen molar-refractivity contribution in [1.82, 2.24) is 9.55 Å². The Morgan fingerprint density at radius 2 is 2.21 bits per heavy atom. The topological polar surface area (TPSA) is 57.3 Å². The standard InChI is InChI=1S/C14H14N2O3/c1-18-8-4-7-16-9-15-12-10-5-2-3-6-11(10)19-13(12)14(16)17/h2-3,5-6,9H,4,7-8H2,1H3. The number of furan rings is 1. The molecule has 0 radical (unpaired) electrons. The van der Waals surface area contributed by atoms with E-state index >= 15 is 0 Å². The number of rotatable bonds is 4. The molecule has 0 aliphatic heterocycles. The van der Waals surface area contributed by atoms with Crippen LogP contribution in [0.2, 0.25) is 0 Å². The van der Waals surface area contributed by atoms with Gasteiger partial charge in [-0.05, 0) is 18.6 Å². The Kier molecular flexibility index (Phi) is 3.05. The van der Waals surface area contributed by atoms with Crippen LogP contribution in [-0.2, 0) is 11.3 Å². The summed E-state index contributed by atoms with van der Waals surface area (Å²) in [5, 5.41) is 0.874. The fourth-order valence-corrected chi connectivity index (χ4v) is 2.15. The summed E-state index contributed by atoms with van der Waals surface area (Å²) in [7, 11) is 1.64. The van der Waals surface area contributed by atoms with Gasteiger partial charge in [0, 0.05) is 25.6 Å². The average Bonchev–Trinajstić information content (AvgIpc) is 2.81. The second-order valence-electron chi connectivity index (χ2n) is 4.37. The monoisotopic (exact) mass is 258 g/mol. The van der Waals surface area contributed by atoms with Crippen LogP contribution in [0.5, 0.6) is 0 Å². The van der Waals surface area contributed by atoms with Crippen molar-refractivity contribution in [3.63, 3.8) is 0 Å². The van der Waals surface area contributed by atoms with E-state index in [0.717, 1.165) is 11.8 Å². The SMILES string of the molecule is COCCCn1cnc2c(oc3ccccc32)c1=O. The summed E-state index contributed by atoms with van der Waals surface area (Å²) in [4.78, 5) is 16.6. The van der Waals surface area contributed by atoms with E-state index < -0.39 is 0 Å². The van der Waals surface area contributed by atoms with Gasteiger partial charge in [-0.15, -0.1) is 0 Å². The van der Waals surface area contributed by atoms with E-state index in [1.165, 1.54) is 0 Å². The first-order valence-electron chi connectivity index (χ1n) is 6.17. The molecule has 98 valence electrons. The molecule has 0 aliphatic rings. The van der Waals surface area contributed by atoms with E-state index in [9.17, 15) is 4.79 Å². The van der Waals surface area contributed by atoms with E-state index in [0.29, 0.717) is 29.8 Å². The van der Waals surface area contributed by atoms with Crippen LogP contribution in [0.15, 0.2) is 39.8 Å². The van der Waals surface area contributed by atoms with Gasteiger partial charge in [0.05, 0.1) is 6.33 Å². The molecule has 0 amide bonds. The maximum absolute atomic E-state index is 12.3. The van der Waals surface area contributed by atoms with Gasteiger partial charge in [-0.1, -0.05) is 12.1 Å². The molecule has 0 aliphatic carbocycles. The van der Waals surface area contributed by atoms with E-state index in [1.807, 2.05) is 24.3 Å². The second-order valence-corrected chi connectivity index (χ2v) is 4.37. The minimum absolute atomic E-state index is 0.141. The number of para-hydroxylation sites is 1. The van der Waals surface area contributed by atoms with Crippen LogP contribution >= 0.6 is 0 Å². The van der Waals surface area contributed by atoms with Gasteiger partial charge in [0.2, 0.25) is 5.58 Å². The Labute approximate surface area is 109 Å². The van der Waals surface area contributed by atoms with Gasteiger partial charge in [0.15, 0.2) is 0 Å². The molecule has 5 heteroatoms. The summed E-state index contributed by atoms with van der Waals surface area (Å²) in [6.45, 7) is 1.19. The molecule has 0 unspecified atom stereocenters. The van der Waals surface area contributed by atoms with Crippen molar-refractivity contribution < 1.29 is 9.15 Å². The number of methoxy groups -OCH3 is 1. The summed E-state index contributed by atoms with van der Waals surface area (Å²) < 4.78 is 12.1. The Morgan fingerprint density at radius 3 is 3.05 bits per heavy atom. The maximum Gasteiger partial charge on any atom is 0.297 e. The molecule has 0 saturated carbocycles. The predicted octanol–water partition coefficient (Wildman–Crippen LogP) is 2.18. The van der Waals surface area contributed by atoms with Gasteiger partial charge >= 0.3 is 0 Å². The summed E-state index contributed by atoms with van der Waals surface area (Å²) in [6.07, 6.45) is 2.34. The van der Waals surface area contributed by atoms with Gasteiger partial charge in [-0.2, -0.15) is 0 Å². The second kappa shape index (κ2) is 4.85. The Hall–Kier alpha value is -2.14. The van der Waals surface area contributed by atoms with Gasteiger partial charge in [-0.3, -0.25) is 9.36 Å². The quantitative estimate of drug-likeness (QED) is 0.673. The maximum atomic E-state index is 12.3. The number of aromatic nitrogens is 2. The first-order valence-corrected chi connectivity index (χ1v) is 6.17. The van der Waals surface area contributed by atoms with Crippen LogP contribution in [0.4, 0.5) is 0 Å². The molecule has 1 aromatic carbocycles. The van der Waals surface area contributed by atoms with E-state index in [1.54, 1.807) is 18.0 Å². The minimum atomic E-state index is -0.141. The lowest BCUT2D eigenvalue weighted by atomic mass is 10.2. The third-order valence-corrected chi connectivity index (χ3v) is 3.10. The van der Waals surface area contributed by atoms with Crippen LogP contribution < -0.4 is 5.56 Å². The molecule has 0 spiro atoms. The molecule has 2 heterocycles. The molecule has 19 heavy (non-hydrogen) atoms. The molecular formula is C14H14N2O3. The molecule has 0 atom stereocenters. The first-order chi connectivity index (χ1) is 9.31. The lowest BCUT2D eigenvalue weighted by molar-refractivity contribution is 0.190. The third kappa shape index (κ3) is 2.02. The van der Waals surface area contributed by atoms with Gasteiger partial charge in [0.25, 0.3) is 5.56 Å². The molecule has 0 saturated heterocycles. The molecule has 3 aromatic rings. The Balaban J connectivity index is 2.11. The summed E-state index contributed by atoms with van der Waals surface area (Å²) in [6, 6.07) is 7.53. The van der Waals surface area contributed by atoms with E-state index in [-0.39, 0.29) is 5.56 Å². The van der Waals surface area contributed by atoms with E-state index in [4.69, 9.17) is 9.15 Å². The number of nitrogens with zero attached hydrogens (tertiary/aromatic N) is 2. The third-order valence-electron chi connectivity index (χ3n) is 3.10. The molecule has 0 bridgehead atoms. The van der Waals surface area contributed by atoms with Gasteiger partial charge < -0.3 is 9.15 Å². The molecule has 5 nitrogen and oxygen atoms in total. The van der Waals surface area contributed by atoms with Crippen molar-refractivity contribution in [3.05, 3.63) is 40.9 Å². The van der Waals surface area contributed by atoms with Crippen molar-refractivity contribution in [2.24, 2.45) is 0 Å². The highest BCUT2D eigenvalue weighted by Crippen LogP contribution is 2.23. The number of ether oxygens (including phenoxy) is 1. The molecule has 0 fully saturated rings.